The molecule has 0 atom stereocenters. The Bertz CT molecular complexity index is 1230. The van der Waals surface area contributed by atoms with Gasteiger partial charge in [0, 0.05) is 11.8 Å². The van der Waals surface area contributed by atoms with Crippen LogP contribution in [0.1, 0.15) is 16.7 Å². The van der Waals surface area contributed by atoms with Crippen molar-refractivity contribution in [1.82, 2.24) is 0 Å². The molecule has 0 unspecified atom stereocenters. The molecule has 2 amide bonds. The zero-order valence-electron chi connectivity index (χ0n) is 18.4. The van der Waals surface area contributed by atoms with Gasteiger partial charge in [-0.2, -0.15) is 0 Å². The highest BCUT2D eigenvalue weighted by atomic mass is 16.5. The molecule has 0 aromatic heterocycles. The first-order valence-electron chi connectivity index (χ1n) is 10.2. The number of methoxy groups -OCH3 is 2. The van der Waals surface area contributed by atoms with Crippen LogP contribution in [-0.4, -0.2) is 26.0 Å². The number of carbonyl (C=O) groups is 2. The number of aryl methyl sites for hydroxylation is 1. The third kappa shape index (κ3) is 3.71. The highest BCUT2D eigenvalue weighted by Crippen LogP contribution is 2.36. The minimum absolute atomic E-state index is 0.217. The minimum atomic E-state index is -0.405. The highest BCUT2D eigenvalue weighted by molar-refractivity contribution is 6.46. The van der Waals surface area contributed by atoms with Crippen LogP contribution in [0.5, 0.6) is 11.5 Å². The van der Waals surface area contributed by atoms with E-state index in [1.807, 2.05) is 44.2 Å². The van der Waals surface area contributed by atoms with Crippen molar-refractivity contribution >= 4 is 28.8 Å². The number of nitrogens with zero attached hydrogens (tertiary/aromatic N) is 1. The molecule has 3 aromatic carbocycles. The molecule has 0 fully saturated rings. The maximum absolute atomic E-state index is 13.6. The van der Waals surface area contributed by atoms with Crippen molar-refractivity contribution in [3.63, 3.8) is 0 Å². The van der Waals surface area contributed by atoms with Gasteiger partial charge in [0.25, 0.3) is 11.8 Å². The Labute approximate surface area is 187 Å². The third-order valence-corrected chi connectivity index (χ3v) is 5.62. The van der Waals surface area contributed by atoms with E-state index in [0.717, 1.165) is 11.1 Å². The van der Waals surface area contributed by atoms with Crippen LogP contribution >= 0.6 is 0 Å². The lowest BCUT2D eigenvalue weighted by atomic mass is 10.0. The highest BCUT2D eigenvalue weighted by Gasteiger charge is 2.41. The summed E-state index contributed by atoms with van der Waals surface area (Å²) in [6, 6.07) is 19.9. The maximum atomic E-state index is 13.6. The summed E-state index contributed by atoms with van der Waals surface area (Å²) in [6.07, 6.45) is 0. The summed E-state index contributed by atoms with van der Waals surface area (Å²) in [4.78, 5) is 28.4. The van der Waals surface area contributed by atoms with Crippen molar-refractivity contribution in [2.75, 3.05) is 24.4 Å². The molecule has 32 heavy (non-hydrogen) atoms. The average Bonchev–Trinajstić information content (AvgIpc) is 3.05. The number of hydrogen-bond acceptors (Lipinski definition) is 5. The molecule has 162 valence electrons. The number of nitrogens with one attached hydrogen (secondary N) is 1. The van der Waals surface area contributed by atoms with Crippen molar-refractivity contribution in [2.24, 2.45) is 0 Å². The van der Waals surface area contributed by atoms with Gasteiger partial charge in [-0.1, -0.05) is 30.3 Å². The number of benzene rings is 3. The van der Waals surface area contributed by atoms with E-state index in [0.29, 0.717) is 34.0 Å². The van der Waals surface area contributed by atoms with Crippen LogP contribution in [0.4, 0.5) is 11.4 Å². The number of imide groups is 1. The average molecular weight is 428 g/mol. The molecule has 1 N–H and O–H groups in total. The first-order valence-corrected chi connectivity index (χ1v) is 10.2. The first kappa shape index (κ1) is 21.2. The van der Waals surface area contributed by atoms with Gasteiger partial charge in [0.2, 0.25) is 0 Å². The molecule has 6 heteroatoms. The van der Waals surface area contributed by atoms with Crippen LogP contribution in [0, 0.1) is 13.8 Å². The van der Waals surface area contributed by atoms with E-state index in [9.17, 15) is 9.59 Å². The molecule has 6 nitrogen and oxygen atoms in total. The Morgan fingerprint density at radius 1 is 0.781 bits per heavy atom. The van der Waals surface area contributed by atoms with Gasteiger partial charge in [-0.15, -0.1) is 0 Å². The minimum Gasteiger partial charge on any atom is -0.497 e. The number of amides is 2. The quantitative estimate of drug-likeness (QED) is 0.576. The fourth-order valence-electron chi connectivity index (χ4n) is 3.71. The molecule has 1 aliphatic rings. The van der Waals surface area contributed by atoms with Crippen LogP contribution in [-0.2, 0) is 9.59 Å². The Morgan fingerprint density at radius 3 is 2.16 bits per heavy atom. The number of anilines is 2. The lowest BCUT2D eigenvalue weighted by molar-refractivity contribution is -0.120. The van der Waals surface area contributed by atoms with Crippen molar-refractivity contribution in [2.45, 2.75) is 13.8 Å². The molecule has 4 rings (SSSR count). The number of carbonyl (C=O) groups excluding carboxylic acids is 2. The zero-order valence-corrected chi connectivity index (χ0v) is 18.4. The Morgan fingerprint density at radius 2 is 1.47 bits per heavy atom. The lowest BCUT2D eigenvalue weighted by Gasteiger charge is -2.19. The van der Waals surface area contributed by atoms with Gasteiger partial charge in [0.1, 0.15) is 17.2 Å². The van der Waals surface area contributed by atoms with E-state index < -0.39 is 5.91 Å². The smallest absolute Gasteiger partial charge is 0.282 e. The Balaban J connectivity index is 1.84. The summed E-state index contributed by atoms with van der Waals surface area (Å²) in [5.41, 5.74) is 4.26. The van der Waals surface area contributed by atoms with Gasteiger partial charge in [-0.3, -0.25) is 9.59 Å². The molecular formula is C26H24N2O4. The molecule has 0 aliphatic carbocycles. The Hall–Kier alpha value is -4.06. The predicted octanol–water partition coefficient (Wildman–Crippen LogP) is 4.72. The van der Waals surface area contributed by atoms with Crippen LogP contribution < -0.4 is 19.7 Å². The van der Waals surface area contributed by atoms with Crippen molar-refractivity contribution in [1.29, 1.82) is 0 Å². The normalized spacial score (nSPS) is 13.6. The van der Waals surface area contributed by atoms with Crippen LogP contribution in [0.15, 0.2) is 72.4 Å². The lowest BCUT2D eigenvalue weighted by Crippen LogP contribution is -2.33. The topological polar surface area (TPSA) is 67.9 Å². The standard InChI is InChI=1S/C26H24N2O4/c1-16-7-5-10-22(17(16)2)28-25(29)23(18-11-13-20(31-3)14-12-18)24(26(28)30)27-19-8-6-9-21(15-19)32-4/h5-15,27H,1-4H3. The summed E-state index contributed by atoms with van der Waals surface area (Å²) in [6.45, 7) is 3.86. The fraction of sp³-hybridized carbons (Fsp3) is 0.154. The summed E-state index contributed by atoms with van der Waals surface area (Å²) < 4.78 is 10.5. The number of hydrogen-bond donors (Lipinski definition) is 1. The second kappa shape index (κ2) is 8.59. The van der Waals surface area contributed by atoms with E-state index in [1.54, 1.807) is 50.6 Å². The molecule has 0 saturated carbocycles. The van der Waals surface area contributed by atoms with E-state index in [4.69, 9.17) is 9.47 Å². The third-order valence-electron chi connectivity index (χ3n) is 5.62. The van der Waals surface area contributed by atoms with Crippen LogP contribution in [0.3, 0.4) is 0 Å². The van der Waals surface area contributed by atoms with Gasteiger partial charge in [0.05, 0.1) is 25.5 Å². The molecule has 1 aliphatic heterocycles. The SMILES string of the molecule is COc1ccc(C2=C(Nc3cccc(OC)c3)C(=O)N(c3cccc(C)c3C)C2=O)cc1. The van der Waals surface area contributed by atoms with Crippen molar-refractivity contribution < 1.29 is 19.1 Å². The van der Waals surface area contributed by atoms with Crippen LogP contribution in [0.2, 0.25) is 0 Å². The second-order valence-corrected chi connectivity index (χ2v) is 7.50. The molecule has 3 aromatic rings. The summed E-state index contributed by atoms with van der Waals surface area (Å²) in [7, 11) is 3.16. The van der Waals surface area contributed by atoms with Gasteiger partial charge < -0.3 is 14.8 Å². The molecule has 0 spiro atoms. The monoisotopic (exact) mass is 428 g/mol. The summed E-state index contributed by atoms with van der Waals surface area (Å²) in [5, 5.41) is 3.16. The summed E-state index contributed by atoms with van der Waals surface area (Å²) in [5.74, 6) is 0.529. The van der Waals surface area contributed by atoms with E-state index in [2.05, 4.69) is 5.32 Å². The first-order chi connectivity index (χ1) is 15.4. The van der Waals surface area contributed by atoms with Gasteiger partial charge >= 0.3 is 0 Å². The van der Waals surface area contributed by atoms with Crippen molar-refractivity contribution in [3.05, 3.63) is 89.1 Å². The molecular weight excluding hydrogens is 404 g/mol. The van der Waals surface area contributed by atoms with E-state index in [1.165, 1.54) is 4.90 Å². The number of rotatable bonds is 6. The largest absolute Gasteiger partial charge is 0.497 e. The molecule has 0 saturated heterocycles. The molecule has 1 heterocycles. The fourth-order valence-corrected chi connectivity index (χ4v) is 3.71. The molecule has 0 bridgehead atoms. The molecule has 0 radical (unpaired) electrons. The maximum Gasteiger partial charge on any atom is 0.282 e. The van der Waals surface area contributed by atoms with Gasteiger partial charge in [0.15, 0.2) is 0 Å². The number of ether oxygens (including phenoxy) is 2. The van der Waals surface area contributed by atoms with Gasteiger partial charge in [-0.05, 0) is 60.9 Å². The van der Waals surface area contributed by atoms with Gasteiger partial charge in [-0.25, -0.2) is 4.90 Å². The van der Waals surface area contributed by atoms with E-state index >= 15 is 0 Å². The van der Waals surface area contributed by atoms with E-state index in [-0.39, 0.29) is 11.6 Å². The summed E-state index contributed by atoms with van der Waals surface area (Å²) >= 11 is 0. The second-order valence-electron chi connectivity index (χ2n) is 7.50. The van der Waals surface area contributed by atoms with Crippen LogP contribution in [0.25, 0.3) is 5.57 Å². The van der Waals surface area contributed by atoms with Crippen molar-refractivity contribution in [3.8, 4) is 11.5 Å². The zero-order chi connectivity index (χ0) is 22.8. The Kier molecular flexibility index (Phi) is 5.69. The predicted molar refractivity (Wildman–Crippen MR) is 125 cm³/mol.